The van der Waals surface area contributed by atoms with Gasteiger partial charge in [0.2, 0.25) is 23.6 Å². The molecular weight excluding hydrogens is 791 g/mol. The average molecular weight is 846 g/mol. The first-order chi connectivity index (χ1) is 29.9. The number of carbonyl (C=O) groups is 7. The molecule has 4 heterocycles. The molecule has 0 unspecified atom stereocenters. The summed E-state index contributed by atoms with van der Waals surface area (Å²) in [4.78, 5) is 95.7. The van der Waals surface area contributed by atoms with Crippen LogP contribution < -0.4 is 21.3 Å². The lowest BCUT2D eigenvalue weighted by Crippen LogP contribution is -2.54. The fourth-order valence-electron chi connectivity index (χ4n) is 7.60. The summed E-state index contributed by atoms with van der Waals surface area (Å²) in [6.07, 6.45) is 9.27. The lowest BCUT2D eigenvalue weighted by atomic mass is 9.86. The number of amides is 8. The van der Waals surface area contributed by atoms with Gasteiger partial charge in [0.25, 0.3) is 11.8 Å². The fourth-order valence-corrected chi connectivity index (χ4v) is 7.60. The number of pyridine rings is 1. The molecule has 3 atom stereocenters. The summed E-state index contributed by atoms with van der Waals surface area (Å²) in [6, 6.07) is 17.3. The van der Waals surface area contributed by atoms with Gasteiger partial charge in [-0.15, -0.1) is 0 Å². The van der Waals surface area contributed by atoms with Gasteiger partial charge in [0, 0.05) is 81.7 Å². The van der Waals surface area contributed by atoms with Crippen LogP contribution in [0.25, 0.3) is 0 Å². The van der Waals surface area contributed by atoms with Crippen LogP contribution in [0.5, 0.6) is 0 Å². The number of rotatable bonds is 19. The molecule has 0 saturated heterocycles. The van der Waals surface area contributed by atoms with Gasteiger partial charge in [-0.3, -0.25) is 38.7 Å². The maximum absolute atomic E-state index is 13.4. The smallest absolute Gasteiger partial charge is 0.322 e. The molecule has 326 valence electrons. The number of aromatic nitrogens is 1. The van der Waals surface area contributed by atoms with E-state index in [-0.39, 0.29) is 60.2 Å². The first-order valence-electron chi connectivity index (χ1n) is 21.3. The third-order valence-electron chi connectivity index (χ3n) is 11.2. The van der Waals surface area contributed by atoms with Gasteiger partial charge in [-0.25, -0.2) is 9.80 Å². The largest absolute Gasteiger partial charge is 0.354 e. The number of nitrogens with zero attached hydrogens (tertiary/aromatic N) is 5. The zero-order valence-corrected chi connectivity index (χ0v) is 35.5. The molecule has 0 aliphatic carbocycles. The highest BCUT2D eigenvalue weighted by molar-refractivity contribution is 6.13. The second kappa shape index (κ2) is 21.2. The third kappa shape index (κ3) is 11.8. The molecule has 0 saturated carbocycles. The molecule has 16 nitrogen and oxygen atoms in total. The van der Waals surface area contributed by atoms with Crippen molar-refractivity contribution in [2.45, 2.75) is 96.8 Å². The zero-order valence-electron chi connectivity index (χ0n) is 35.5. The van der Waals surface area contributed by atoms with Gasteiger partial charge in [0.05, 0.1) is 5.71 Å². The highest BCUT2D eigenvalue weighted by Crippen LogP contribution is 2.31. The normalized spacial score (nSPS) is 16.8. The summed E-state index contributed by atoms with van der Waals surface area (Å²) in [5, 5.41) is 17.7. The van der Waals surface area contributed by atoms with Crippen molar-refractivity contribution >= 4 is 52.9 Å². The van der Waals surface area contributed by atoms with Crippen LogP contribution in [0, 0.1) is 5.92 Å². The molecule has 0 spiro atoms. The molecule has 4 N–H and O–H groups in total. The monoisotopic (exact) mass is 845 g/mol. The summed E-state index contributed by atoms with van der Waals surface area (Å²) in [5.74, 6) is -2.40. The highest BCUT2D eigenvalue weighted by Gasteiger charge is 2.32. The molecule has 2 aromatic carbocycles. The van der Waals surface area contributed by atoms with E-state index in [1.807, 2.05) is 60.7 Å². The van der Waals surface area contributed by atoms with Gasteiger partial charge in [0.15, 0.2) is 0 Å². The quantitative estimate of drug-likeness (QED) is 0.101. The standard InChI is InChI=1S/C46H55N9O7/c1-30(2)42(51-38(56)14-8-5-10-24-54-39(57)19-20-40(54)58)45(61)49-31(3)44(60)48-22-9-11-25-55-41(59)26-37(32-12-6-4-7-13-32)43(52-55)33-15-17-36(18-16-33)50-46(62)53-28-34-21-23-47-27-35(34)29-53/h4,6-7,12-13,15-21,23,27,30-31,37,42H,5,8-11,14,22,24-26,28-29H2,1-3H3,(H,48,60)(H,49,61)(H,50,62)(H,51,56)/t31-,37+,42-/m0/s1. The summed E-state index contributed by atoms with van der Waals surface area (Å²) < 4.78 is 0. The van der Waals surface area contributed by atoms with Gasteiger partial charge in [-0.2, -0.15) is 5.10 Å². The number of hydrazone groups is 1. The van der Waals surface area contributed by atoms with Crippen molar-refractivity contribution in [2.24, 2.45) is 11.0 Å². The molecule has 62 heavy (non-hydrogen) atoms. The summed E-state index contributed by atoms with van der Waals surface area (Å²) >= 11 is 0. The first-order valence-corrected chi connectivity index (χ1v) is 21.3. The van der Waals surface area contributed by atoms with Crippen LogP contribution in [0.3, 0.4) is 0 Å². The summed E-state index contributed by atoms with van der Waals surface area (Å²) in [6.45, 7) is 7.17. The van der Waals surface area contributed by atoms with Gasteiger partial charge in [0.1, 0.15) is 12.1 Å². The first kappa shape index (κ1) is 44.8. The predicted octanol–water partition coefficient (Wildman–Crippen LogP) is 4.38. The number of unbranched alkanes of at least 4 members (excludes halogenated alkanes) is 3. The molecule has 0 fully saturated rings. The molecule has 1 aromatic heterocycles. The van der Waals surface area contributed by atoms with Crippen LogP contribution in [0.1, 0.15) is 93.9 Å². The summed E-state index contributed by atoms with van der Waals surface area (Å²) in [7, 11) is 0. The van der Waals surface area contributed by atoms with E-state index in [2.05, 4.69) is 26.3 Å². The Bertz CT molecular complexity index is 2150. The van der Waals surface area contributed by atoms with E-state index in [1.54, 1.807) is 38.1 Å². The molecule has 3 aromatic rings. The number of nitrogens with one attached hydrogen (secondary N) is 4. The Kier molecular flexibility index (Phi) is 15.3. The topological polar surface area (TPSA) is 203 Å². The Morgan fingerprint density at radius 2 is 1.48 bits per heavy atom. The number of hydrogen-bond acceptors (Lipinski definition) is 9. The van der Waals surface area contributed by atoms with Crippen LogP contribution in [0.2, 0.25) is 0 Å². The lowest BCUT2D eigenvalue weighted by molar-refractivity contribution is -0.137. The van der Waals surface area contributed by atoms with E-state index in [9.17, 15) is 33.6 Å². The van der Waals surface area contributed by atoms with Gasteiger partial charge in [-0.05, 0) is 79.0 Å². The van der Waals surface area contributed by atoms with E-state index >= 15 is 0 Å². The highest BCUT2D eigenvalue weighted by atomic mass is 16.2. The van der Waals surface area contributed by atoms with E-state index in [0.717, 1.165) is 28.0 Å². The minimum absolute atomic E-state index is 0.105. The fraction of sp³-hybridized carbons (Fsp3) is 0.413. The van der Waals surface area contributed by atoms with E-state index in [0.29, 0.717) is 70.5 Å². The van der Waals surface area contributed by atoms with E-state index in [4.69, 9.17) is 5.10 Å². The van der Waals surface area contributed by atoms with Crippen molar-refractivity contribution in [1.29, 1.82) is 0 Å². The Labute approximate surface area is 361 Å². The van der Waals surface area contributed by atoms with Gasteiger partial charge < -0.3 is 26.2 Å². The molecular formula is C46H55N9O7. The van der Waals surface area contributed by atoms with Crippen molar-refractivity contribution in [3.63, 3.8) is 0 Å². The SMILES string of the molecule is CC(C)[C@H](NC(=O)CCCCCN1C(=O)C=CC1=O)C(=O)N[C@@H](C)C(=O)NCCCCN1N=C(c2ccc(NC(=O)N3Cc4ccncc4C3)cc2)[C@@H](c2ccccc2)CC1=O. The number of hydrogen-bond donors (Lipinski definition) is 4. The van der Waals surface area contributed by atoms with Crippen LogP contribution in [0.15, 0.2) is 90.3 Å². The number of carbonyl (C=O) groups excluding carboxylic acids is 7. The molecule has 3 aliphatic heterocycles. The Morgan fingerprint density at radius 1 is 0.774 bits per heavy atom. The van der Waals surface area contributed by atoms with E-state index < -0.39 is 18.0 Å². The number of urea groups is 1. The molecule has 3 aliphatic rings. The number of fused-ring (bicyclic) bond motifs is 1. The van der Waals surface area contributed by atoms with Gasteiger partial charge in [-0.1, -0.05) is 62.7 Å². The summed E-state index contributed by atoms with van der Waals surface area (Å²) in [5.41, 5.74) is 5.31. The number of benzene rings is 2. The number of imide groups is 1. The van der Waals surface area contributed by atoms with Crippen molar-refractivity contribution in [3.05, 3.63) is 107 Å². The Balaban J connectivity index is 0.948. The van der Waals surface area contributed by atoms with Crippen molar-refractivity contribution < 1.29 is 33.6 Å². The second-order valence-corrected chi connectivity index (χ2v) is 16.2. The van der Waals surface area contributed by atoms with Crippen molar-refractivity contribution in [2.75, 3.05) is 25.0 Å². The van der Waals surface area contributed by atoms with E-state index in [1.165, 1.54) is 22.1 Å². The van der Waals surface area contributed by atoms with Crippen LogP contribution in [-0.4, -0.2) is 98.7 Å². The molecule has 16 heteroatoms. The minimum Gasteiger partial charge on any atom is -0.354 e. The minimum atomic E-state index is -0.855. The lowest BCUT2D eigenvalue weighted by Gasteiger charge is -2.30. The average Bonchev–Trinajstić information content (AvgIpc) is 3.85. The molecule has 0 bridgehead atoms. The Hall–Kier alpha value is -6.71. The molecule has 6 rings (SSSR count). The second-order valence-electron chi connectivity index (χ2n) is 16.2. The molecule has 0 radical (unpaired) electrons. The Morgan fingerprint density at radius 3 is 2.19 bits per heavy atom. The number of anilines is 1. The van der Waals surface area contributed by atoms with Crippen LogP contribution >= 0.6 is 0 Å². The maximum Gasteiger partial charge on any atom is 0.322 e. The predicted molar refractivity (Wildman–Crippen MR) is 232 cm³/mol. The maximum atomic E-state index is 13.4. The van der Waals surface area contributed by atoms with Crippen LogP contribution in [-0.2, 0) is 41.9 Å². The van der Waals surface area contributed by atoms with Crippen molar-refractivity contribution in [1.82, 2.24) is 35.7 Å². The molecule has 8 amide bonds. The third-order valence-corrected chi connectivity index (χ3v) is 11.2. The van der Waals surface area contributed by atoms with Crippen molar-refractivity contribution in [3.8, 4) is 0 Å². The zero-order chi connectivity index (χ0) is 44.2. The van der Waals surface area contributed by atoms with Crippen LogP contribution in [0.4, 0.5) is 10.5 Å². The van der Waals surface area contributed by atoms with Gasteiger partial charge >= 0.3 is 6.03 Å².